The Balaban J connectivity index is 1.60. The molecule has 2 aromatic rings. The van der Waals surface area contributed by atoms with Crippen molar-refractivity contribution in [3.8, 4) is 0 Å². The van der Waals surface area contributed by atoms with Crippen LogP contribution in [0.3, 0.4) is 0 Å². The molecule has 2 amide bonds. The highest BCUT2D eigenvalue weighted by Gasteiger charge is 2.17. The Kier molecular flexibility index (Phi) is 4.43. The van der Waals surface area contributed by atoms with Crippen molar-refractivity contribution in [2.45, 2.75) is 45.6 Å². The predicted octanol–water partition coefficient (Wildman–Crippen LogP) is 4.21. The van der Waals surface area contributed by atoms with Gasteiger partial charge in [-0.3, -0.25) is 5.32 Å². The van der Waals surface area contributed by atoms with Gasteiger partial charge in [-0.15, -0.1) is 11.3 Å². The second kappa shape index (κ2) is 6.48. The van der Waals surface area contributed by atoms with Crippen LogP contribution in [-0.2, 0) is 12.8 Å². The number of hydrogen-bond donors (Lipinski definition) is 2. The van der Waals surface area contributed by atoms with E-state index in [0.717, 1.165) is 24.1 Å². The lowest BCUT2D eigenvalue weighted by molar-refractivity contribution is 0.249. The number of carbonyl (C=O) groups is 1. The summed E-state index contributed by atoms with van der Waals surface area (Å²) in [5.41, 5.74) is 3.48. The van der Waals surface area contributed by atoms with Crippen LogP contribution >= 0.6 is 11.3 Å². The van der Waals surface area contributed by atoms with Gasteiger partial charge in [0.25, 0.3) is 0 Å². The van der Waals surface area contributed by atoms with Crippen molar-refractivity contribution in [1.29, 1.82) is 0 Å². The summed E-state index contributed by atoms with van der Waals surface area (Å²) < 4.78 is 0. The van der Waals surface area contributed by atoms with E-state index in [4.69, 9.17) is 0 Å². The minimum Gasteiger partial charge on any atom is -0.331 e. The monoisotopic (exact) mass is 315 g/mol. The Labute approximate surface area is 135 Å². The molecule has 116 valence electrons. The van der Waals surface area contributed by atoms with Gasteiger partial charge in [0.05, 0.1) is 11.7 Å². The molecular weight excluding hydrogens is 294 g/mol. The number of nitrogens with one attached hydrogen (secondary N) is 2. The van der Waals surface area contributed by atoms with Crippen molar-refractivity contribution >= 4 is 22.5 Å². The molecular formula is C17H21N3OS. The first-order chi connectivity index (χ1) is 10.6. The minimum atomic E-state index is -0.195. The van der Waals surface area contributed by atoms with Crippen molar-refractivity contribution in [2.75, 3.05) is 5.32 Å². The van der Waals surface area contributed by atoms with Gasteiger partial charge in [-0.1, -0.05) is 29.8 Å². The number of nitrogens with zero attached hydrogens (tertiary/aromatic N) is 1. The van der Waals surface area contributed by atoms with E-state index in [-0.39, 0.29) is 12.1 Å². The molecule has 1 aromatic heterocycles. The summed E-state index contributed by atoms with van der Waals surface area (Å²) in [7, 11) is 0. The summed E-state index contributed by atoms with van der Waals surface area (Å²) in [6.45, 7) is 4.04. The Bertz CT molecular complexity index is 640. The lowest BCUT2D eigenvalue weighted by atomic mass is 10.0. The predicted molar refractivity (Wildman–Crippen MR) is 90.5 cm³/mol. The summed E-state index contributed by atoms with van der Waals surface area (Å²) >= 11 is 1.61. The first-order valence-corrected chi connectivity index (χ1v) is 8.56. The van der Waals surface area contributed by atoms with Crippen LogP contribution < -0.4 is 10.6 Å². The number of aryl methyl sites for hydroxylation is 3. The van der Waals surface area contributed by atoms with Crippen LogP contribution in [0.2, 0.25) is 0 Å². The van der Waals surface area contributed by atoms with Gasteiger partial charge in [0.2, 0.25) is 0 Å². The third-order valence-corrected chi connectivity index (χ3v) is 5.06. The molecule has 0 fully saturated rings. The highest BCUT2D eigenvalue weighted by atomic mass is 32.1. The summed E-state index contributed by atoms with van der Waals surface area (Å²) in [6, 6.07) is 7.97. The summed E-state index contributed by atoms with van der Waals surface area (Å²) in [5, 5.41) is 6.54. The van der Waals surface area contributed by atoms with E-state index < -0.39 is 0 Å². The SMILES string of the molecule is Cc1ccc(C(C)NC(=O)Nc2nc3c(s2)CCCC3)cc1. The molecule has 1 atom stereocenters. The van der Waals surface area contributed by atoms with Crippen LogP contribution in [0.4, 0.5) is 9.93 Å². The number of amides is 2. The van der Waals surface area contributed by atoms with Crippen molar-refractivity contribution in [1.82, 2.24) is 10.3 Å². The molecule has 1 aromatic carbocycles. The number of anilines is 1. The number of urea groups is 1. The number of fused-ring (bicyclic) bond motifs is 1. The molecule has 1 aliphatic carbocycles. The zero-order valence-corrected chi connectivity index (χ0v) is 13.8. The molecule has 5 heteroatoms. The Morgan fingerprint density at radius 1 is 1.23 bits per heavy atom. The second-order valence-corrected chi connectivity index (χ2v) is 6.91. The van der Waals surface area contributed by atoms with E-state index in [1.165, 1.54) is 23.3 Å². The maximum Gasteiger partial charge on any atom is 0.321 e. The van der Waals surface area contributed by atoms with Crippen molar-refractivity contribution in [3.05, 3.63) is 46.0 Å². The van der Waals surface area contributed by atoms with Crippen LogP contribution in [0.5, 0.6) is 0 Å². The maximum atomic E-state index is 12.1. The van der Waals surface area contributed by atoms with Crippen LogP contribution in [0.15, 0.2) is 24.3 Å². The quantitative estimate of drug-likeness (QED) is 0.891. The molecule has 0 spiro atoms. The second-order valence-electron chi connectivity index (χ2n) is 5.83. The highest BCUT2D eigenvalue weighted by Crippen LogP contribution is 2.29. The summed E-state index contributed by atoms with van der Waals surface area (Å²) in [5.74, 6) is 0. The Hall–Kier alpha value is -1.88. The fraction of sp³-hybridized carbons (Fsp3) is 0.412. The van der Waals surface area contributed by atoms with Gasteiger partial charge < -0.3 is 5.32 Å². The largest absolute Gasteiger partial charge is 0.331 e. The van der Waals surface area contributed by atoms with Crippen LogP contribution in [-0.4, -0.2) is 11.0 Å². The average Bonchev–Trinajstić information content (AvgIpc) is 2.89. The average molecular weight is 315 g/mol. The highest BCUT2D eigenvalue weighted by molar-refractivity contribution is 7.15. The fourth-order valence-corrected chi connectivity index (χ4v) is 3.72. The molecule has 4 nitrogen and oxygen atoms in total. The molecule has 0 radical (unpaired) electrons. The van der Waals surface area contributed by atoms with E-state index in [9.17, 15) is 4.79 Å². The molecule has 1 aliphatic rings. The number of aromatic nitrogens is 1. The number of rotatable bonds is 3. The number of thiazole rings is 1. The summed E-state index contributed by atoms with van der Waals surface area (Å²) in [6.07, 6.45) is 4.56. The number of benzene rings is 1. The molecule has 2 N–H and O–H groups in total. The first-order valence-electron chi connectivity index (χ1n) is 7.74. The standard InChI is InChI=1S/C17H21N3OS/c1-11-7-9-13(10-8-11)12(2)18-16(21)20-17-19-14-5-3-4-6-15(14)22-17/h7-10,12H,3-6H2,1-2H3,(H2,18,19,20,21). The minimum absolute atomic E-state index is 0.0322. The Morgan fingerprint density at radius 2 is 1.95 bits per heavy atom. The molecule has 0 saturated carbocycles. The lowest BCUT2D eigenvalue weighted by Gasteiger charge is -2.14. The van der Waals surface area contributed by atoms with E-state index in [0.29, 0.717) is 5.13 Å². The molecule has 0 aliphatic heterocycles. The number of carbonyl (C=O) groups excluding carboxylic acids is 1. The Morgan fingerprint density at radius 3 is 2.68 bits per heavy atom. The van der Waals surface area contributed by atoms with Crippen molar-refractivity contribution < 1.29 is 4.79 Å². The van der Waals surface area contributed by atoms with Crippen molar-refractivity contribution in [3.63, 3.8) is 0 Å². The molecule has 1 unspecified atom stereocenters. The van der Waals surface area contributed by atoms with E-state index in [1.807, 2.05) is 19.1 Å². The topological polar surface area (TPSA) is 54.0 Å². The van der Waals surface area contributed by atoms with Gasteiger partial charge in [0.15, 0.2) is 5.13 Å². The maximum absolute atomic E-state index is 12.1. The molecule has 0 saturated heterocycles. The van der Waals surface area contributed by atoms with Gasteiger partial charge in [-0.05, 0) is 45.1 Å². The molecule has 0 bridgehead atoms. The van der Waals surface area contributed by atoms with Gasteiger partial charge in [-0.2, -0.15) is 0 Å². The van der Waals surface area contributed by atoms with E-state index in [2.05, 4.69) is 34.7 Å². The summed E-state index contributed by atoms with van der Waals surface area (Å²) in [4.78, 5) is 18.0. The van der Waals surface area contributed by atoms with Gasteiger partial charge in [-0.25, -0.2) is 9.78 Å². The van der Waals surface area contributed by atoms with Gasteiger partial charge >= 0.3 is 6.03 Å². The molecule has 1 heterocycles. The molecule has 3 rings (SSSR count). The van der Waals surface area contributed by atoms with Crippen LogP contribution in [0.25, 0.3) is 0 Å². The van der Waals surface area contributed by atoms with Crippen molar-refractivity contribution in [2.24, 2.45) is 0 Å². The lowest BCUT2D eigenvalue weighted by Crippen LogP contribution is -2.31. The molecule has 22 heavy (non-hydrogen) atoms. The van der Waals surface area contributed by atoms with Crippen LogP contribution in [0, 0.1) is 6.92 Å². The van der Waals surface area contributed by atoms with E-state index in [1.54, 1.807) is 11.3 Å². The van der Waals surface area contributed by atoms with Gasteiger partial charge in [0.1, 0.15) is 0 Å². The zero-order chi connectivity index (χ0) is 15.5. The smallest absolute Gasteiger partial charge is 0.321 e. The van der Waals surface area contributed by atoms with Gasteiger partial charge in [0, 0.05) is 4.88 Å². The van der Waals surface area contributed by atoms with Crippen LogP contribution in [0.1, 0.15) is 47.5 Å². The number of hydrogen-bond acceptors (Lipinski definition) is 3. The van der Waals surface area contributed by atoms with E-state index >= 15 is 0 Å². The first kappa shape index (κ1) is 15.0. The zero-order valence-electron chi connectivity index (χ0n) is 13.0. The fourth-order valence-electron chi connectivity index (χ4n) is 2.67. The third-order valence-electron chi connectivity index (χ3n) is 3.99. The third kappa shape index (κ3) is 3.47. The normalized spacial score (nSPS) is 15.0.